The van der Waals surface area contributed by atoms with E-state index in [0.29, 0.717) is 11.2 Å². The molecule has 12 heavy (non-hydrogen) atoms. The molecule has 0 N–H and O–H groups in total. The molecule has 0 aromatic carbocycles. The minimum atomic E-state index is 0.493. The highest BCUT2D eigenvalue weighted by atomic mass is 35.5. The van der Waals surface area contributed by atoms with Crippen LogP contribution in [0.15, 0.2) is 0 Å². The van der Waals surface area contributed by atoms with Crippen molar-refractivity contribution in [2.45, 2.75) is 33.7 Å². The van der Waals surface area contributed by atoms with Crippen LogP contribution in [0.1, 0.15) is 26.1 Å². The zero-order valence-corrected chi connectivity index (χ0v) is 8.47. The third-order valence-corrected chi connectivity index (χ3v) is 2.36. The third-order valence-electron chi connectivity index (χ3n) is 2.08. The summed E-state index contributed by atoms with van der Waals surface area (Å²) in [6.07, 6.45) is 1.15. The van der Waals surface area contributed by atoms with Crippen LogP contribution in [0.5, 0.6) is 0 Å². The SMILES string of the molecule is CCC(C)Cn1c(C)nnc1Cl. The maximum absolute atomic E-state index is 5.84. The van der Waals surface area contributed by atoms with Gasteiger partial charge in [-0.3, -0.25) is 0 Å². The summed E-state index contributed by atoms with van der Waals surface area (Å²) < 4.78 is 1.94. The quantitative estimate of drug-likeness (QED) is 0.727. The van der Waals surface area contributed by atoms with E-state index < -0.39 is 0 Å². The summed E-state index contributed by atoms with van der Waals surface area (Å²) in [5.74, 6) is 1.51. The van der Waals surface area contributed by atoms with Crippen molar-refractivity contribution in [1.29, 1.82) is 0 Å². The Labute approximate surface area is 77.8 Å². The second-order valence-corrected chi connectivity index (χ2v) is 3.48. The molecule has 1 atom stereocenters. The fourth-order valence-corrected chi connectivity index (χ4v) is 1.23. The Morgan fingerprint density at radius 1 is 1.50 bits per heavy atom. The molecule has 0 radical (unpaired) electrons. The Bertz CT molecular complexity index is 237. The lowest BCUT2D eigenvalue weighted by atomic mass is 10.1. The van der Waals surface area contributed by atoms with Crippen molar-refractivity contribution < 1.29 is 0 Å². The molecule has 68 valence electrons. The highest BCUT2D eigenvalue weighted by Crippen LogP contribution is 2.12. The predicted octanol–water partition coefficient (Wildman–Crippen LogP) is 2.29. The zero-order chi connectivity index (χ0) is 9.14. The summed E-state index contributed by atoms with van der Waals surface area (Å²) in [7, 11) is 0. The average Bonchev–Trinajstić information content (AvgIpc) is 2.35. The van der Waals surface area contributed by atoms with Crippen molar-refractivity contribution in [2.75, 3.05) is 0 Å². The van der Waals surface area contributed by atoms with Crippen LogP contribution in [0.25, 0.3) is 0 Å². The third kappa shape index (κ3) is 1.97. The van der Waals surface area contributed by atoms with E-state index >= 15 is 0 Å². The van der Waals surface area contributed by atoms with Crippen LogP contribution in [0.3, 0.4) is 0 Å². The minimum absolute atomic E-state index is 0.493. The number of aromatic nitrogens is 3. The van der Waals surface area contributed by atoms with Crippen molar-refractivity contribution in [3.63, 3.8) is 0 Å². The van der Waals surface area contributed by atoms with Crippen LogP contribution in [-0.2, 0) is 6.54 Å². The van der Waals surface area contributed by atoms with Gasteiger partial charge in [0, 0.05) is 6.54 Å². The standard InChI is InChI=1S/C8H14ClN3/c1-4-6(2)5-12-7(3)10-11-8(12)9/h6H,4-5H2,1-3H3. The summed E-state index contributed by atoms with van der Waals surface area (Å²) in [4.78, 5) is 0. The van der Waals surface area contributed by atoms with E-state index in [0.717, 1.165) is 18.8 Å². The van der Waals surface area contributed by atoms with E-state index in [1.54, 1.807) is 0 Å². The molecule has 1 aromatic rings. The van der Waals surface area contributed by atoms with Gasteiger partial charge in [0.15, 0.2) is 0 Å². The smallest absolute Gasteiger partial charge is 0.225 e. The molecule has 0 saturated heterocycles. The van der Waals surface area contributed by atoms with Gasteiger partial charge in [-0.25, -0.2) is 0 Å². The second kappa shape index (κ2) is 3.90. The van der Waals surface area contributed by atoms with Gasteiger partial charge in [-0.1, -0.05) is 20.3 Å². The lowest BCUT2D eigenvalue weighted by molar-refractivity contribution is 0.462. The first-order valence-corrected chi connectivity index (χ1v) is 4.58. The summed E-state index contributed by atoms with van der Waals surface area (Å²) in [6.45, 7) is 7.18. The monoisotopic (exact) mass is 187 g/mol. The van der Waals surface area contributed by atoms with Crippen LogP contribution in [0, 0.1) is 12.8 Å². The Morgan fingerprint density at radius 3 is 2.58 bits per heavy atom. The van der Waals surface area contributed by atoms with Crippen molar-refractivity contribution in [2.24, 2.45) is 5.92 Å². The van der Waals surface area contributed by atoms with Gasteiger partial charge < -0.3 is 4.57 Å². The first-order chi connectivity index (χ1) is 5.65. The Kier molecular flexibility index (Phi) is 3.09. The lowest BCUT2D eigenvalue weighted by Crippen LogP contribution is -2.08. The highest BCUT2D eigenvalue weighted by molar-refractivity contribution is 6.28. The van der Waals surface area contributed by atoms with Crippen molar-refractivity contribution in [1.82, 2.24) is 14.8 Å². The van der Waals surface area contributed by atoms with Crippen LogP contribution in [0.2, 0.25) is 5.28 Å². The van der Waals surface area contributed by atoms with Crippen molar-refractivity contribution >= 4 is 11.6 Å². The summed E-state index contributed by atoms with van der Waals surface area (Å²) in [5.41, 5.74) is 0. The number of rotatable bonds is 3. The first kappa shape index (κ1) is 9.52. The molecule has 1 aromatic heterocycles. The van der Waals surface area contributed by atoms with Gasteiger partial charge >= 0.3 is 0 Å². The predicted molar refractivity (Wildman–Crippen MR) is 49.2 cm³/mol. The fraction of sp³-hybridized carbons (Fsp3) is 0.750. The van der Waals surface area contributed by atoms with Crippen LogP contribution in [-0.4, -0.2) is 14.8 Å². The highest BCUT2D eigenvalue weighted by Gasteiger charge is 2.08. The maximum atomic E-state index is 5.84. The van der Waals surface area contributed by atoms with E-state index in [1.165, 1.54) is 0 Å². The number of hydrogen-bond donors (Lipinski definition) is 0. The average molecular weight is 188 g/mol. The molecule has 0 aliphatic rings. The van der Waals surface area contributed by atoms with Gasteiger partial charge in [0.1, 0.15) is 5.82 Å². The van der Waals surface area contributed by atoms with Gasteiger partial charge in [0.2, 0.25) is 5.28 Å². The summed E-state index contributed by atoms with van der Waals surface area (Å²) in [5, 5.41) is 8.16. The van der Waals surface area contributed by atoms with Gasteiger partial charge in [-0.15, -0.1) is 10.2 Å². The molecule has 1 rings (SSSR count). The number of nitrogens with zero attached hydrogens (tertiary/aromatic N) is 3. The molecule has 3 nitrogen and oxygen atoms in total. The normalized spacial score (nSPS) is 13.3. The molecule has 1 unspecified atom stereocenters. The Balaban J connectivity index is 2.73. The van der Waals surface area contributed by atoms with Gasteiger partial charge in [-0.05, 0) is 24.4 Å². The van der Waals surface area contributed by atoms with E-state index in [2.05, 4.69) is 24.0 Å². The van der Waals surface area contributed by atoms with Gasteiger partial charge in [0.25, 0.3) is 0 Å². The Morgan fingerprint density at radius 2 is 2.17 bits per heavy atom. The maximum Gasteiger partial charge on any atom is 0.225 e. The van der Waals surface area contributed by atoms with Gasteiger partial charge in [-0.2, -0.15) is 0 Å². The van der Waals surface area contributed by atoms with E-state index in [1.807, 2.05) is 11.5 Å². The van der Waals surface area contributed by atoms with Crippen LogP contribution >= 0.6 is 11.6 Å². The van der Waals surface area contributed by atoms with E-state index in [9.17, 15) is 0 Å². The van der Waals surface area contributed by atoms with Crippen LogP contribution in [0.4, 0.5) is 0 Å². The number of aryl methyl sites for hydroxylation is 1. The summed E-state index contributed by atoms with van der Waals surface area (Å²) in [6, 6.07) is 0. The molecule has 0 amide bonds. The first-order valence-electron chi connectivity index (χ1n) is 4.20. The molecule has 4 heteroatoms. The molecular weight excluding hydrogens is 174 g/mol. The largest absolute Gasteiger partial charge is 0.302 e. The minimum Gasteiger partial charge on any atom is -0.302 e. The van der Waals surface area contributed by atoms with E-state index in [4.69, 9.17) is 11.6 Å². The molecule has 0 bridgehead atoms. The summed E-state index contributed by atoms with van der Waals surface area (Å²) >= 11 is 5.84. The molecule has 0 aliphatic carbocycles. The topological polar surface area (TPSA) is 30.7 Å². The fourth-order valence-electron chi connectivity index (χ4n) is 1.00. The molecular formula is C8H14ClN3. The second-order valence-electron chi connectivity index (χ2n) is 3.14. The molecule has 0 saturated carbocycles. The van der Waals surface area contributed by atoms with E-state index in [-0.39, 0.29) is 0 Å². The van der Waals surface area contributed by atoms with Crippen LogP contribution < -0.4 is 0 Å². The number of hydrogen-bond acceptors (Lipinski definition) is 2. The molecule has 0 spiro atoms. The van der Waals surface area contributed by atoms with Crippen molar-refractivity contribution in [3.8, 4) is 0 Å². The molecule has 0 aliphatic heterocycles. The lowest BCUT2D eigenvalue weighted by Gasteiger charge is -2.10. The zero-order valence-electron chi connectivity index (χ0n) is 7.71. The molecule has 1 heterocycles. The van der Waals surface area contributed by atoms with Gasteiger partial charge in [0.05, 0.1) is 0 Å². The Hall–Kier alpha value is -0.570. The number of halogens is 1. The van der Waals surface area contributed by atoms with Crippen molar-refractivity contribution in [3.05, 3.63) is 11.1 Å². The molecule has 0 fully saturated rings.